The highest BCUT2D eigenvalue weighted by molar-refractivity contribution is 7.12. The highest BCUT2D eigenvalue weighted by Crippen LogP contribution is 2.23. The quantitative estimate of drug-likeness (QED) is 0.683. The summed E-state index contributed by atoms with van der Waals surface area (Å²) in [6.07, 6.45) is 1.29. The number of thiophene rings is 1. The van der Waals surface area contributed by atoms with E-state index < -0.39 is 28.8 Å². The summed E-state index contributed by atoms with van der Waals surface area (Å²) in [6.45, 7) is 0.483. The predicted molar refractivity (Wildman–Crippen MR) is 93.9 cm³/mol. The van der Waals surface area contributed by atoms with Crippen molar-refractivity contribution in [3.63, 3.8) is 0 Å². The van der Waals surface area contributed by atoms with Crippen LogP contribution in [-0.4, -0.2) is 43.2 Å². The van der Waals surface area contributed by atoms with Crippen molar-refractivity contribution in [1.29, 1.82) is 0 Å². The summed E-state index contributed by atoms with van der Waals surface area (Å²) in [7, 11) is 0. The number of hydrogen-bond acceptors (Lipinski definition) is 5. The van der Waals surface area contributed by atoms with Crippen LogP contribution in [0.1, 0.15) is 23.2 Å². The minimum atomic E-state index is -0.897. The van der Waals surface area contributed by atoms with E-state index in [4.69, 9.17) is 0 Å². The number of amides is 1. The van der Waals surface area contributed by atoms with Crippen LogP contribution >= 0.6 is 11.3 Å². The van der Waals surface area contributed by atoms with Crippen molar-refractivity contribution in [3.8, 4) is 5.00 Å². The molecule has 0 unspecified atom stereocenters. The lowest BCUT2D eigenvalue weighted by Crippen LogP contribution is -2.41. The maximum Gasteiger partial charge on any atom is 0.369 e. The standard InChI is InChI=1S/C17H15F2N5O2S/c18-12-5-1-6-13(19)15(12)16(25)22-8-2-4-11(22)10-23-17(26)24(21-20-23)14-7-3-9-27-14/h1,3,5-7,9,11H,2,4,8,10H2/t11-/m1/s1. The smallest absolute Gasteiger partial charge is 0.334 e. The van der Waals surface area contributed by atoms with E-state index in [0.29, 0.717) is 24.4 Å². The van der Waals surface area contributed by atoms with Gasteiger partial charge in [-0.2, -0.15) is 9.36 Å². The molecular formula is C17H15F2N5O2S. The second kappa shape index (κ2) is 7.03. The second-order valence-electron chi connectivity index (χ2n) is 6.20. The number of tetrazole rings is 1. The van der Waals surface area contributed by atoms with E-state index in [1.807, 2.05) is 5.38 Å². The zero-order valence-electron chi connectivity index (χ0n) is 14.1. The first-order valence-corrected chi connectivity index (χ1v) is 9.26. The van der Waals surface area contributed by atoms with Crippen molar-refractivity contribution in [1.82, 2.24) is 24.7 Å². The second-order valence-corrected chi connectivity index (χ2v) is 7.12. The minimum absolute atomic E-state index is 0.117. The molecule has 0 radical (unpaired) electrons. The van der Waals surface area contributed by atoms with Crippen LogP contribution in [0.4, 0.5) is 8.78 Å². The largest absolute Gasteiger partial charge is 0.369 e. The first kappa shape index (κ1) is 17.5. The van der Waals surface area contributed by atoms with Crippen molar-refractivity contribution in [2.75, 3.05) is 6.54 Å². The third-order valence-electron chi connectivity index (χ3n) is 4.55. The molecular weight excluding hydrogens is 376 g/mol. The van der Waals surface area contributed by atoms with Crippen molar-refractivity contribution in [2.24, 2.45) is 0 Å². The predicted octanol–water partition coefficient (Wildman–Crippen LogP) is 2.07. The Morgan fingerprint density at radius 3 is 2.67 bits per heavy atom. The average molecular weight is 391 g/mol. The summed E-state index contributed by atoms with van der Waals surface area (Å²) >= 11 is 1.35. The molecule has 1 saturated heterocycles. The summed E-state index contributed by atoms with van der Waals surface area (Å²) < 4.78 is 30.3. The lowest BCUT2D eigenvalue weighted by molar-refractivity contribution is 0.0710. The molecule has 10 heteroatoms. The van der Waals surface area contributed by atoms with Crippen molar-refractivity contribution in [3.05, 3.63) is 63.4 Å². The van der Waals surface area contributed by atoms with Gasteiger partial charge in [-0.15, -0.1) is 11.3 Å². The van der Waals surface area contributed by atoms with E-state index in [1.165, 1.54) is 31.7 Å². The lowest BCUT2D eigenvalue weighted by Gasteiger charge is -2.24. The van der Waals surface area contributed by atoms with Crippen LogP contribution < -0.4 is 5.69 Å². The first-order chi connectivity index (χ1) is 13.1. The van der Waals surface area contributed by atoms with Crippen LogP contribution in [0.15, 0.2) is 40.5 Å². The Morgan fingerprint density at radius 2 is 1.96 bits per heavy atom. The molecule has 1 aliphatic heterocycles. The van der Waals surface area contributed by atoms with Gasteiger partial charge >= 0.3 is 5.69 Å². The SMILES string of the molecule is O=C(c1c(F)cccc1F)N1CCC[C@@H]1Cn1nnn(-c2cccs2)c1=O. The van der Waals surface area contributed by atoms with E-state index in [2.05, 4.69) is 10.4 Å². The van der Waals surface area contributed by atoms with E-state index in [-0.39, 0.29) is 12.6 Å². The van der Waals surface area contributed by atoms with E-state index >= 15 is 0 Å². The van der Waals surface area contributed by atoms with Gasteiger partial charge in [-0.1, -0.05) is 6.07 Å². The summed E-state index contributed by atoms with van der Waals surface area (Å²) in [4.78, 5) is 26.6. The Balaban J connectivity index is 1.58. The van der Waals surface area contributed by atoms with Crippen LogP contribution in [0.2, 0.25) is 0 Å². The highest BCUT2D eigenvalue weighted by atomic mass is 32.1. The first-order valence-electron chi connectivity index (χ1n) is 8.38. The molecule has 1 amide bonds. The number of hydrogen-bond donors (Lipinski definition) is 0. The van der Waals surface area contributed by atoms with Gasteiger partial charge in [-0.05, 0) is 52.9 Å². The summed E-state index contributed by atoms with van der Waals surface area (Å²) in [5, 5.41) is 10.2. The summed E-state index contributed by atoms with van der Waals surface area (Å²) in [5.41, 5.74) is -0.993. The molecule has 1 fully saturated rings. The molecule has 4 rings (SSSR count). The fourth-order valence-corrected chi connectivity index (χ4v) is 3.92. The molecule has 7 nitrogen and oxygen atoms in total. The Hall–Kier alpha value is -2.88. The average Bonchev–Trinajstić information content (AvgIpc) is 3.37. The third-order valence-corrected chi connectivity index (χ3v) is 5.40. The van der Waals surface area contributed by atoms with Crippen molar-refractivity contribution < 1.29 is 13.6 Å². The number of carbonyl (C=O) groups excluding carboxylic acids is 1. The molecule has 3 heterocycles. The normalized spacial score (nSPS) is 16.8. The molecule has 140 valence electrons. The molecule has 2 aromatic heterocycles. The summed E-state index contributed by atoms with van der Waals surface area (Å²) in [6, 6.07) is 6.48. The van der Waals surface area contributed by atoms with Crippen LogP contribution in [0.25, 0.3) is 5.00 Å². The Labute approximate surface area is 156 Å². The van der Waals surface area contributed by atoms with Gasteiger partial charge in [0, 0.05) is 6.54 Å². The zero-order chi connectivity index (χ0) is 19.0. The Morgan fingerprint density at radius 1 is 1.19 bits per heavy atom. The topological polar surface area (TPSA) is 73.0 Å². The monoisotopic (exact) mass is 391 g/mol. The minimum Gasteiger partial charge on any atom is -0.334 e. The van der Waals surface area contributed by atoms with Gasteiger partial charge in [0.15, 0.2) is 0 Å². The molecule has 0 bridgehead atoms. The van der Waals surface area contributed by atoms with Gasteiger partial charge in [-0.25, -0.2) is 13.6 Å². The van der Waals surface area contributed by atoms with Crippen LogP contribution in [-0.2, 0) is 6.54 Å². The molecule has 3 aromatic rings. The molecule has 0 spiro atoms. The van der Waals surface area contributed by atoms with Gasteiger partial charge in [0.05, 0.1) is 12.6 Å². The maximum atomic E-state index is 14.0. The van der Waals surface area contributed by atoms with Crippen molar-refractivity contribution in [2.45, 2.75) is 25.4 Å². The van der Waals surface area contributed by atoms with Crippen LogP contribution in [0.3, 0.4) is 0 Å². The van der Waals surface area contributed by atoms with E-state index in [1.54, 1.807) is 12.1 Å². The summed E-state index contributed by atoms with van der Waals surface area (Å²) in [5.74, 6) is -2.51. The third kappa shape index (κ3) is 3.16. The number of rotatable bonds is 4. The highest BCUT2D eigenvalue weighted by Gasteiger charge is 2.33. The number of carbonyl (C=O) groups is 1. The van der Waals surface area contributed by atoms with E-state index in [0.717, 1.165) is 12.1 Å². The number of likely N-dealkylation sites (tertiary alicyclic amines) is 1. The number of halogens is 2. The van der Waals surface area contributed by atoms with Gasteiger partial charge in [0.25, 0.3) is 5.91 Å². The lowest BCUT2D eigenvalue weighted by atomic mass is 10.1. The molecule has 0 saturated carbocycles. The Bertz CT molecular complexity index is 1010. The number of aromatic nitrogens is 4. The molecule has 27 heavy (non-hydrogen) atoms. The zero-order valence-corrected chi connectivity index (χ0v) is 14.9. The Kier molecular flexibility index (Phi) is 4.56. The van der Waals surface area contributed by atoms with Gasteiger partial charge in [0.1, 0.15) is 22.2 Å². The van der Waals surface area contributed by atoms with E-state index in [9.17, 15) is 18.4 Å². The molecule has 1 atom stereocenters. The molecule has 0 N–H and O–H groups in total. The molecule has 1 aliphatic rings. The van der Waals surface area contributed by atoms with Crippen molar-refractivity contribution >= 4 is 17.2 Å². The number of nitrogens with zero attached hydrogens (tertiary/aromatic N) is 5. The molecule has 0 aliphatic carbocycles. The van der Waals surface area contributed by atoms with Gasteiger partial charge < -0.3 is 4.90 Å². The van der Waals surface area contributed by atoms with Crippen LogP contribution in [0, 0.1) is 11.6 Å². The van der Waals surface area contributed by atoms with Gasteiger partial charge in [0.2, 0.25) is 0 Å². The maximum absolute atomic E-state index is 14.0. The van der Waals surface area contributed by atoms with Gasteiger partial charge in [-0.3, -0.25) is 4.79 Å². The fraction of sp³-hybridized carbons (Fsp3) is 0.294. The fourth-order valence-electron chi connectivity index (χ4n) is 3.26. The molecule has 1 aromatic carbocycles. The van der Waals surface area contributed by atoms with Crippen LogP contribution in [0.5, 0.6) is 0 Å². The number of benzene rings is 1.